The molecule has 2 aromatic rings. The molecule has 0 aromatic carbocycles. The summed E-state index contributed by atoms with van der Waals surface area (Å²) in [4.78, 5) is 0. The monoisotopic (exact) mass is 179 g/mol. The number of hydrogen-bond donors (Lipinski definition) is 0. The molecule has 0 saturated carbocycles. The highest BCUT2D eigenvalue weighted by Crippen LogP contribution is 2.16. The van der Waals surface area contributed by atoms with Gasteiger partial charge in [0.15, 0.2) is 0 Å². The average Bonchev–Trinajstić information content (AvgIpc) is 2.61. The van der Waals surface area contributed by atoms with Gasteiger partial charge in [0.25, 0.3) is 0 Å². The summed E-state index contributed by atoms with van der Waals surface area (Å²) in [5.74, 6) is 0. The van der Waals surface area contributed by atoms with Crippen LogP contribution < -0.4 is 0 Å². The first-order valence-electron chi connectivity index (χ1n) is 3.70. The largest absolute Gasteiger partial charge is 0.293 e. The van der Waals surface area contributed by atoms with E-state index >= 15 is 0 Å². The maximum Gasteiger partial charge on any atom is 0.216 e. The molecule has 0 radical (unpaired) electrons. The molecule has 0 unspecified atom stereocenters. The molecule has 0 bridgehead atoms. The lowest BCUT2D eigenvalue weighted by Crippen LogP contribution is -1.97. The summed E-state index contributed by atoms with van der Waals surface area (Å²) in [6, 6.07) is 4.16. The van der Waals surface area contributed by atoms with Crippen molar-refractivity contribution in [1.82, 2.24) is 14.8 Å². The fraction of sp³-hybridized carbons (Fsp3) is 0.250. The Hall–Kier alpha value is -1.16. The minimum absolute atomic E-state index is 0.940. The fourth-order valence-corrected chi connectivity index (χ4v) is 1.91. The second kappa shape index (κ2) is 2.71. The van der Waals surface area contributed by atoms with E-state index in [2.05, 4.69) is 40.7 Å². The predicted molar refractivity (Wildman–Crippen MR) is 48.7 cm³/mol. The van der Waals surface area contributed by atoms with Gasteiger partial charge in [0.2, 0.25) is 5.13 Å². The summed E-state index contributed by atoms with van der Waals surface area (Å²) in [6.07, 6.45) is 0. The highest BCUT2D eigenvalue weighted by molar-refractivity contribution is 7.11. The van der Waals surface area contributed by atoms with E-state index in [1.807, 2.05) is 0 Å². The summed E-state index contributed by atoms with van der Waals surface area (Å²) in [6.45, 7) is 4.13. The van der Waals surface area contributed by atoms with Gasteiger partial charge >= 0.3 is 0 Å². The Morgan fingerprint density at radius 3 is 2.42 bits per heavy atom. The standard InChI is InChI=1S/C8H9N3S/c1-6-3-4-7(2)11(6)8-10-9-5-12-8/h3-5H,1-2H3. The molecular formula is C8H9N3S. The Morgan fingerprint density at radius 2 is 1.92 bits per heavy atom. The molecule has 0 fully saturated rings. The van der Waals surface area contributed by atoms with E-state index in [-0.39, 0.29) is 0 Å². The van der Waals surface area contributed by atoms with Gasteiger partial charge in [0.05, 0.1) is 0 Å². The Morgan fingerprint density at radius 1 is 1.25 bits per heavy atom. The Bertz CT molecular complexity index is 355. The van der Waals surface area contributed by atoms with Crippen molar-refractivity contribution >= 4 is 11.3 Å². The predicted octanol–water partition coefficient (Wildman–Crippen LogP) is 1.95. The Kier molecular flexibility index (Phi) is 1.69. The SMILES string of the molecule is Cc1ccc(C)n1-c1nncs1. The lowest BCUT2D eigenvalue weighted by Gasteiger charge is -2.02. The van der Waals surface area contributed by atoms with Crippen molar-refractivity contribution in [3.63, 3.8) is 0 Å². The first-order valence-corrected chi connectivity index (χ1v) is 4.58. The van der Waals surface area contributed by atoms with Crippen LogP contribution in [0.3, 0.4) is 0 Å². The van der Waals surface area contributed by atoms with E-state index in [1.165, 1.54) is 11.4 Å². The maximum absolute atomic E-state index is 4.01. The van der Waals surface area contributed by atoms with E-state index in [0.717, 1.165) is 5.13 Å². The number of aryl methyl sites for hydroxylation is 2. The zero-order chi connectivity index (χ0) is 8.55. The minimum atomic E-state index is 0.940. The first-order chi connectivity index (χ1) is 5.79. The highest BCUT2D eigenvalue weighted by Gasteiger charge is 2.05. The van der Waals surface area contributed by atoms with Gasteiger partial charge in [-0.05, 0) is 26.0 Å². The summed E-state index contributed by atoms with van der Waals surface area (Å²) in [7, 11) is 0. The Balaban J connectivity index is 2.60. The summed E-state index contributed by atoms with van der Waals surface area (Å²) in [5, 5.41) is 8.76. The number of hydrogen-bond acceptors (Lipinski definition) is 3. The molecular weight excluding hydrogens is 170 g/mol. The zero-order valence-corrected chi connectivity index (χ0v) is 7.80. The normalized spacial score (nSPS) is 10.5. The van der Waals surface area contributed by atoms with Crippen LogP contribution >= 0.6 is 11.3 Å². The van der Waals surface area contributed by atoms with Crippen LogP contribution in [-0.2, 0) is 0 Å². The fourth-order valence-electron chi connectivity index (χ4n) is 1.23. The van der Waals surface area contributed by atoms with Gasteiger partial charge in [0.1, 0.15) is 5.51 Å². The van der Waals surface area contributed by atoms with Gasteiger partial charge in [-0.3, -0.25) is 4.57 Å². The molecule has 4 heteroatoms. The molecule has 3 nitrogen and oxygen atoms in total. The van der Waals surface area contributed by atoms with Crippen molar-refractivity contribution in [2.24, 2.45) is 0 Å². The van der Waals surface area contributed by atoms with Crippen LogP contribution in [0.4, 0.5) is 0 Å². The van der Waals surface area contributed by atoms with Crippen molar-refractivity contribution in [3.05, 3.63) is 29.0 Å². The van der Waals surface area contributed by atoms with Crippen molar-refractivity contribution in [1.29, 1.82) is 0 Å². The van der Waals surface area contributed by atoms with E-state index in [1.54, 1.807) is 16.8 Å². The lowest BCUT2D eigenvalue weighted by molar-refractivity contribution is 0.912. The number of nitrogens with zero attached hydrogens (tertiary/aromatic N) is 3. The van der Waals surface area contributed by atoms with Crippen LogP contribution in [0.1, 0.15) is 11.4 Å². The topological polar surface area (TPSA) is 30.7 Å². The third-order valence-electron chi connectivity index (χ3n) is 1.81. The van der Waals surface area contributed by atoms with Gasteiger partial charge in [-0.15, -0.1) is 10.2 Å². The molecule has 2 heterocycles. The van der Waals surface area contributed by atoms with E-state index < -0.39 is 0 Å². The van der Waals surface area contributed by atoms with Crippen molar-refractivity contribution in [2.45, 2.75) is 13.8 Å². The number of rotatable bonds is 1. The van der Waals surface area contributed by atoms with Crippen molar-refractivity contribution < 1.29 is 0 Å². The van der Waals surface area contributed by atoms with Crippen LogP contribution in [-0.4, -0.2) is 14.8 Å². The molecule has 0 N–H and O–H groups in total. The van der Waals surface area contributed by atoms with Crippen LogP contribution in [0.25, 0.3) is 5.13 Å². The molecule has 2 rings (SSSR count). The van der Waals surface area contributed by atoms with Gasteiger partial charge in [0, 0.05) is 11.4 Å². The van der Waals surface area contributed by atoms with Gasteiger partial charge in [-0.1, -0.05) is 11.3 Å². The minimum Gasteiger partial charge on any atom is -0.293 e. The van der Waals surface area contributed by atoms with Crippen LogP contribution in [0, 0.1) is 13.8 Å². The van der Waals surface area contributed by atoms with Crippen LogP contribution in [0.5, 0.6) is 0 Å². The van der Waals surface area contributed by atoms with Gasteiger partial charge < -0.3 is 0 Å². The maximum atomic E-state index is 4.01. The lowest BCUT2D eigenvalue weighted by atomic mass is 10.5. The van der Waals surface area contributed by atoms with Crippen molar-refractivity contribution in [3.8, 4) is 5.13 Å². The van der Waals surface area contributed by atoms with Gasteiger partial charge in [-0.25, -0.2) is 0 Å². The van der Waals surface area contributed by atoms with Crippen molar-refractivity contribution in [2.75, 3.05) is 0 Å². The smallest absolute Gasteiger partial charge is 0.216 e. The molecule has 0 atom stereocenters. The quantitative estimate of drug-likeness (QED) is 0.669. The van der Waals surface area contributed by atoms with E-state index in [9.17, 15) is 0 Å². The third kappa shape index (κ3) is 1.04. The first kappa shape index (κ1) is 7.49. The average molecular weight is 179 g/mol. The second-order valence-electron chi connectivity index (χ2n) is 2.67. The molecule has 0 aliphatic rings. The Labute approximate surface area is 74.7 Å². The van der Waals surface area contributed by atoms with Crippen LogP contribution in [0.15, 0.2) is 17.6 Å². The number of aromatic nitrogens is 3. The zero-order valence-electron chi connectivity index (χ0n) is 6.98. The highest BCUT2D eigenvalue weighted by atomic mass is 32.1. The molecule has 12 heavy (non-hydrogen) atoms. The van der Waals surface area contributed by atoms with Crippen LogP contribution in [0.2, 0.25) is 0 Å². The van der Waals surface area contributed by atoms with Gasteiger partial charge in [-0.2, -0.15) is 0 Å². The molecule has 2 aromatic heterocycles. The molecule has 0 spiro atoms. The molecule has 0 aliphatic carbocycles. The summed E-state index contributed by atoms with van der Waals surface area (Å²) >= 11 is 1.55. The molecule has 62 valence electrons. The summed E-state index contributed by atoms with van der Waals surface area (Å²) in [5.41, 5.74) is 4.14. The molecule has 0 saturated heterocycles. The third-order valence-corrected chi connectivity index (χ3v) is 2.49. The van der Waals surface area contributed by atoms with E-state index in [4.69, 9.17) is 0 Å². The second-order valence-corrected chi connectivity index (χ2v) is 3.48. The molecule has 0 aliphatic heterocycles. The summed E-state index contributed by atoms with van der Waals surface area (Å²) < 4.78 is 2.09. The van der Waals surface area contributed by atoms with E-state index in [0.29, 0.717) is 0 Å². The molecule has 0 amide bonds.